The Kier molecular flexibility index (Phi) is 6.36. The summed E-state index contributed by atoms with van der Waals surface area (Å²) >= 11 is 6.09. The van der Waals surface area contributed by atoms with E-state index >= 15 is 0 Å². The largest absolute Gasteiger partial charge is 0.368 e. The van der Waals surface area contributed by atoms with Crippen LogP contribution in [0.3, 0.4) is 0 Å². The van der Waals surface area contributed by atoms with Crippen LogP contribution in [-0.4, -0.2) is 56.9 Å². The zero-order valence-corrected chi connectivity index (χ0v) is 18.7. The van der Waals surface area contributed by atoms with Crippen molar-refractivity contribution < 1.29 is 13.3 Å². The van der Waals surface area contributed by atoms with Gasteiger partial charge in [-0.1, -0.05) is 24.1 Å². The minimum Gasteiger partial charge on any atom is -0.368 e. The van der Waals surface area contributed by atoms with Gasteiger partial charge in [0.15, 0.2) is 0 Å². The first-order valence-corrected chi connectivity index (χ1v) is 12.2. The van der Waals surface area contributed by atoms with Crippen LogP contribution in [0, 0.1) is 10.1 Å². The number of sulfonamides is 1. The van der Waals surface area contributed by atoms with Gasteiger partial charge in [0.05, 0.1) is 9.82 Å². The molecule has 2 saturated heterocycles. The van der Waals surface area contributed by atoms with Crippen LogP contribution in [0.4, 0.5) is 17.1 Å². The highest BCUT2D eigenvalue weighted by atomic mass is 35.5. The zero-order chi connectivity index (χ0) is 22.0. The molecule has 0 aliphatic carbocycles. The number of piperidine rings is 1. The van der Waals surface area contributed by atoms with E-state index in [1.807, 2.05) is 29.2 Å². The number of rotatable bonds is 5. The van der Waals surface area contributed by atoms with Crippen LogP contribution in [0.1, 0.15) is 19.3 Å². The maximum Gasteiger partial charge on any atom is 0.293 e. The lowest BCUT2D eigenvalue weighted by Crippen LogP contribution is -2.46. The predicted molar refractivity (Wildman–Crippen MR) is 122 cm³/mol. The normalized spacial score (nSPS) is 18.2. The standard InChI is InChI=1S/C21H25ClN4O4S/c22-17-5-4-6-18(15-17)23-11-13-24(14-12-23)20-8-7-19(16-21(20)26(27)28)31(29,30)25-9-2-1-3-10-25/h4-8,15-16H,1-3,9-14H2. The van der Waals surface area contributed by atoms with E-state index in [0.29, 0.717) is 50.0 Å². The van der Waals surface area contributed by atoms with Gasteiger partial charge in [0.1, 0.15) is 5.69 Å². The summed E-state index contributed by atoms with van der Waals surface area (Å²) in [6.07, 6.45) is 2.64. The average Bonchev–Trinajstić information content (AvgIpc) is 2.79. The lowest BCUT2D eigenvalue weighted by atomic mass is 10.2. The Labute approximate surface area is 187 Å². The highest BCUT2D eigenvalue weighted by molar-refractivity contribution is 7.89. The van der Waals surface area contributed by atoms with Gasteiger partial charge >= 0.3 is 0 Å². The number of piperazine rings is 1. The summed E-state index contributed by atoms with van der Waals surface area (Å²) < 4.78 is 27.3. The maximum atomic E-state index is 12.9. The number of hydrogen-bond donors (Lipinski definition) is 0. The van der Waals surface area contributed by atoms with Gasteiger partial charge in [0.25, 0.3) is 5.69 Å². The van der Waals surface area contributed by atoms with Crippen molar-refractivity contribution in [3.05, 3.63) is 57.6 Å². The van der Waals surface area contributed by atoms with Gasteiger partial charge in [-0.2, -0.15) is 4.31 Å². The summed E-state index contributed by atoms with van der Waals surface area (Å²) in [5, 5.41) is 12.5. The molecule has 2 aromatic carbocycles. The van der Waals surface area contributed by atoms with Crippen molar-refractivity contribution in [1.82, 2.24) is 4.31 Å². The fraction of sp³-hybridized carbons (Fsp3) is 0.429. The minimum atomic E-state index is -3.72. The molecule has 2 aliphatic rings. The van der Waals surface area contributed by atoms with Gasteiger partial charge in [0.2, 0.25) is 10.0 Å². The van der Waals surface area contributed by atoms with Crippen LogP contribution in [0.25, 0.3) is 0 Å². The third-order valence-electron chi connectivity index (χ3n) is 5.89. The van der Waals surface area contributed by atoms with Gasteiger partial charge in [-0.25, -0.2) is 8.42 Å². The van der Waals surface area contributed by atoms with Gasteiger partial charge in [-0.3, -0.25) is 10.1 Å². The van der Waals surface area contributed by atoms with Crippen LogP contribution < -0.4 is 9.80 Å². The second-order valence-corrected chi connectivity index (χ2v) is 10.2. The molecule has 0 N–H and O–H groups in total. The maximum absolute atomic E-state index is 12.9. The Morgan fingerprint density at radius 1 is 0.871 bits per heavy atom. The van der Waals surface area contributed by atoms with Crippen molar-refractivity contribution in [3.63, 3.8) is 0 Å². The van der Waals surface area contributed by atoms with E-state index in [1.54, 1.807) is 6.07 Å². The highest BCUT2D eigenvalue weighted by Crippen LogP contribution is 2.33. The molecule has 0 unspecified atom stereocenters. The number of nitro groups is 1. The van der Waals surface area contributed by atoms with E-state index in [-0.39, 0.29) is 10.6 Å². The molecule has 2 aliphatic heterocycles. The van der Waals surface area contributed by atoms with E-state index in [2.05, 4.69) is 4.90 Å². The molecule has 0 spiro atoms. The van der Waals surface area contributed by atoms with E-state index in [4.69, 9.17) is 11.6 Å². The molecule has 166 valence electrons. The van der Waals surface area contributed by atoms with E-state index in [0.717, 1.165) is 24.9 Å². The second kappa shape index (κ2) is 9.02. The van der Waals surface area contributed by atoms with E-state index in [9.17, 15) is 18.5 Å². The van der Waals surface area contributed by atoms with Crippen LogP contribution in [0.5, 0.6) is 0 Å². The molecule has 0 atom stereocenters. The van der Waals surface area contributed by atoms with Crippen molar-refractivity contribution in [2.45, 2.75) is 24.2 Å². The molecular formula is C21H25ClN4O4S. The second-order valence-electron chi connectivity index (χ2n) is 7.83. The summed E-state index contributed by atoms with van der Waals surface area (Å²) in [5.74, 6) is 0. The Morgan fingerprint density at radius 2 is 1.55 bits per heavy atom. The molecule has 0 amide bonds. The van der Waals surface area contributed by atoms with E-state index < -0.39 is 14.9 Å². The van der Waals surface area contributed by atoms with Crippen molar-refractivity contribution in [2.75, 3.05) is 49.1 Å². The summed E-state index contributed by atoms with van der Waals surface area (Å²) in [6.45, 7) is 3.47. The molecule has 0 radical (unpaired) electrons. The molecular weight excluding hydrogens is 440 g/mol. The molecule has 31 heavy (non-hydrogen) atoms. The molecule has 8 nitrogen and oxygen atoms in total. The van der Waals surface area contributed by atoms with Crippen LogP contribution in [0.15, 0.2) is 47.4 Å². The van der Waals surface area contributed by atoms with Gasteiger partial charge < -0.3 is 9.80 Å². The lowest BCUT2D eigenvalue weighted by Gasteiger charge is -2.37. The van der Waals surface area contributed by atoms with Crippen LogP contribution in [0.2, 0.25) is 5.02 Å². The molecule has 0 aromatic heterocycles. The van der Waals surface area contributed by atoms with Crippen LogP contribution in [-0.2, 0) is 10.0 Å². The average molecular weight is 465 g/mol. The summed E-state index contributed by atoms with van der Waals surface area (Å²) in [6, 6.07) is 11.9. The summed E-state index contributed by atoms with van der Waals surface area (Å²) in [5.41, 5.74) is 1.30. The first kappa shape index (κ1) is 21.9. The van der Waals surface area contributed by atoms with Crippen LogP contribution >= 0.6 is 11.6 Å². The lowest BCUT2D eigenvalue weighted by molar-refractivity contribution is -0.384. The quantitative estimate of drug-likeness (QED) is 0.494. The third kappa shape index (κ3) is 4.63. The first-order chi connectivity index (χ1) is 14.9. The molecule has 0 saturated carbocycles. The number of halogens is 1. The monoisotopic (exact) mass is 464 g/mol. The molecule has 2 fully saturated rings. The van der Waals surface area contributed by atoms with Crippen molar-refractivity contribution in [3.8, 4) is 0 Å². The molecule has 2 aromatic rings. The fourth-order valence-corrected chi connectivity index (χ4v) is 5.93. The Balaban J connectivity index is 1.54. The van der Waals surface area contributed by atoms with Crippen molar-refractivity contribution >= 4 is 38.7 Å². The van der Waals surface area contributed by atoms with Gasteiger partial charge in [-0.05, 0) is 43.2 Å². The zero-order valence-electron chi connectivity index (χ0n) is 17.1. The number of nitrogens with zero attached hydrogens (tertiary/aromatic N) is 4. The summed E-state index contributed by atoms with van der Waals surface area (Å²) in [7, 11) is -3.72. The molecule has 0 bridgehead atoms. The SMILES string of the molecule is O=[N+]([O-])c1cc(S(=O)(=O)N2CCCCC2)ccc1N1CCN(c2cccc(Cl)c2)CC1. The topological polar surface area (TPSA) is 87.0 Å². The Hall–Kier alpha value is -2.36. The minimum absolute atomic E-state index is 0.0117. The fourth-order valence-electron chi connectivity index (χ4n) is 4.21. The van der Waals surface area contributed by atoms with Gasteiger partial charge in [0, 0.05) is 56.0 Å². The molecule has 10 heteroatoms. The first-order valence-electron chi connectivity index (χ1n) is 10.4. The number of anilines is 2. The highest BCUT2D eigenvalue weighted by Gasteiger charge is 2.30. The number of nitro benzene ring substituents is 1. The summed E-state index contributed by atoms with van der Waals surface area (Å²) in [4.78, 5) is 15.4. The Bertz CT molecular complexity index is 1060. The number of benzene rings is 2. The third-order valence-corrected chi connectivity index (χ3v) is 8.02. The molecule has 2 heterocycles. The number of hydrogen-bond acceptors (Lipinski definition) is 6. The predicted octanol–water partition coefficient (Wildman–Crippen LogP) is 3.75. The smallest absolute Gasteiger partial charge is 0.293 e. The van der Waals surface area contributed by atoms with Crippen molar-refractivity contribution in [1.29, 1.82) is 0 Å². The van der Waals surface area contributed by atoms with Crippen molar-refractivity contribution in [2.24, 2.45) is 0 Å². The van der Waals surface area contributed by atoms with Gasteiger partial charge in [-0.15, -0.1) is 0 Å². The molecule has 4 rings (SSSR count). The van der Waals surface area contributed by atoms with E-state index in [1.165, 1.54) is 16.4 Å². The Morgan fingerprint density at radius 3 is 2.19 bits per heavy atom.